The van der Waals surface area contributed by atoms with Gasteiger partial charge in [0, 0.05) is 5.69 Å². The molecule has 1 N–H and O–H groups in total. The lowest BCUT2D eigenvalue weighted by Crippen LogP contribution is -2.20. The molecular formula is C20H25NO3. The average Bonchev–Trinajstić information content (AvgIpc) is 2.55. The van der Waals surface area contributed by atoms with E-state index in [1.54, 1.807) is 0 Å². The molecule has 0 heterocycles. The van der Waals surface area contributed by atoms with Crippen LogP contribution in [0.5, 0.6) is 11.5 Å². The standard InChI is InChI=1S/C20H25NO3/c1-15(2)12-13-23-18-10-8-17(9-11-18)21-20(22)14-24-19-7-5-4-6-16(19)3/h4-11,15H,12-14H2,1-3H3,(H,21,22). The van der Waals surface area contributed by atoms with Crippen LogP contribution in [0, 0.1) is 12.8 Å². The molecule has 2 aromatic carbocycles. The zero-order valence-corrected chi connectivity index (χ0v) is 14.5. The second-order valence-electron chi connectivity index (χ2n) is 6.16. The van der Waals surface area contributed by atoms with Crippen LogP contribution in [-0.2, 0) is 4.79 Å². The number of nitrogens with one attached hydrogen (secondary N) is 1. The van der Waals surface area contributed by atoms with Gasteiger partial charge in [-0.2, -0.15) is 0 Å². The second kappa shape index (κ2) is 8.96. The summed E-state index contributed by atoms with van der Waals surface area (Å²) < 4.78 is 11.2. The Balaban J connectivity index is 1.78. The van der Waals surface area contributed by atoms with Crippen LogP contribution in [0.25, 0.3) is 0 Å². The van der Waals surface area contributed by atoms with Gasteiger partial charge in [-0.1, -0.05) is 32.0 Å². The van der Waals surface area contributed by atoms with Crippen molar-refractivity contribution < 1.29 is 14.3 Å². The lowest BCUT2D eigenvalue weighted by atomic mass is 10.1. The fourth-order valence-corrected chi connectivity index (χ4v) is 2.11. The Morgan fingerprint density at radius 2 is 1.75 bits per heavy atom. The molecule has 0 spiro atoms. The summed E-state index contributed by atoms with van der Waals surface area (Å²) in [4.78, 5) is 12.0. The van der Waals surface area contributed by atoms with Gasteiger partial charge in [0.25, 0.3) is 5.91 Å². The number of rotatable bonds is 8. The minimum Gasteiger partial charge on any atom is -0.494 e. The topological polar surface area (TPSA) is 47.6 Å². The summed E-state index contributed by atoms with van der Waals surface area (Å²) in [6.07, 6.45) is 1.02. The highest BCUT2D eigenvalue weighted by molar-refractivity contribution is 5.91. The monoisotopic (exact) mass is 327 g/mol. The van der Waals surface area contributed by atoms with E-state index in [9.17, 15) is 4.79 Å². The highest BCUT2D eigenvalue weighted by Gasteiger charge is 2.05. The van der Waals surface area contributed by atoms with Crippen LogP contribution in [0.2, 0.25) is 0 Å². The Kier molecular flexibility index (Phi) is 6.67. The number of aryl methyl sites for hydroxylation is 1. The number of amides is 1. The molecule has 2 aromatic rings. The van der Waals surface area contributed by atoms with Crippen LogP contribution >= 0.6 is 0 Å². The fraction of sp³-hybridized carbons (Fsp3) is 0.350. The third kappa shape index (κ3) is 5.95. The smallest absolute Gasteiger partial charge is 0.262 e. The van der Waals surface area contributed by atoms with Crippen molar-refractivity contribution in [2.75, 3.05) is 18.5 Å². The third-order valence-corrected chi connectivity index (χ3v) is 3.55. The van der Waals surface area contributed by atoms with E-state index in [1.807, 2.05) is 55.5 Å². The van der Waals surface area contributed by atoms with E-state index in [1.165, 1.54) is 0 Å². The molecule has 0 aliphatic rings. The predicted molar refractivity (Wildman–Crippen MR) is 96.7 cm³/mol. The molecule has 1 amide bonds. The van der Waals surface area contributed by atoms with E-state index >= 15 is 0 Å². The fourth-order valence-electron chi connectivity index (χ4n) is 2.11. The molecule has 0 fully saturated rings. The van der Waals surface area contributed by atoms with Crippen molar-refractivity contribution in [2.45, 2.75) is 27.2 Å². The number of carbonyl (C=O) groups excluding carboxylic acids is 1. The lowest BCUT2D eigenvalue weighted by Gasteiger charge is -2.11. The highest BCUT2D eigenvalue weighted by Crippen LogP contribution is 2.18. The summed E-state index contributed by atoms with van der Waals surface area (Å²) in [6.45, 7) is 6.97. The number of hydrogen-bond acceptors (Lipinski definition) is 3. The minimum absolute atomic E-state index is 0.0164. The van der Waals surface area contributed by atoms with Gasteiger partial charge in [0.05, 0.1) is 6.61 Å². The number of anilines is 1. The van der Waals surface area contributed by atoms with Crippen LogP contribution < -0.4 is 14.8 Å². The van der Waals surface area contributed by atoms with Gasteiger partial charge in [-0.3, -0.25) is 4.79 Å². The lowest BCUT2D eigenvalue weighted by molar-refractivity contribution is -0.118. The predicted octanol–water partition coefficient (Wildman–Crippen LogP) is 4.44. The van der Waals surface area contributed by atoms with E-state index in [0.717, 1.165) is 29.2 Å². The van der Waals surface area contributed by atoms with Gasteiger partial charge < -0.3 is 14.8 Å². The average molecular weight is 327 g/mol. The quantitative estimate of drug-likeness (QED) is 0.780. The van der Waals surface area contributed by atoms with E-state index in [4.69, 9.17) is 9.47 Å². The summed E-state index contributed by atoms with van der Waals surface area (Å²) in [5.74, 6) is 1.97. The second-order valence-corrected chi connectivity index (χ2v) is 6.16. The zero-order valence-electron chi connectivity index (χ0n) is 14.5. The van der Waals surface area contributed by atoms with Crippen LogP contribution in [-0.4, -0.2) is 19.1 Å². The maximum Gasteiger partial charge on any atom is 0.262 e. The van der Waals surface area contributed by atoms with Gasteiger partial charge in [0.1, 0.15) is 11.5 Å². The molecule has 4 nitrogen and oxygen atoms in total. The first-order valence-corrected chi connectivity index (χ1v) is 8.25. The van der Waals surface area contributed by atoms with Gasteiger partial charge in [-0.25, -0.2) is 0 Å². The molecule has 0 saturated heterocycles. The number of benzene rings is 2. The molecule has 0 bridgehead atoms. The Bertz CT molecular complexity index is 650. The highest BCUT2D eigenvalue weighted by atomic mass is 16.5. The molecule has 0 aromatic heterocycles. The summed E-state index contributed by atoms with van der Waals surface area (Å²) >= 11 is 0. The molecule has 0 aliphatic carbocycles. The number of hydrogen-bond donors (Lipinski definition) is 1. The van der Waals surface area contributed by atoms with Crippen molar-refractivity contribution in [3.05, 3.63) is 54.1 Å². The molecule has 128 valence electrons. The Morgan fingerprint density at radius 3 is 2.42 bits per heavy atom. The molecule has 0 aliphatic heterocycles. The van der Waals surface area contributed by atoms with Gasteiger partial charge >= 0.3 is 0 Å². The van der Waals surface area contributed by atoms with Gasteiger partial charge in [-0.05, 0) is 55.2 Å². The van der Waals surface area contributed by atoms with Crippen LogP contribution in [0.4, 0.5) is 5.69 Å². The van der Waals surface area contributed by atoms with E-state index in [0.29, 0.717) is 12.5 Å². The normalized spacial score (nSPS) is 10.5. The van der Waals surface area contributed by atoms with Crippen molar-refractivity contribution >= 4 is 11.6 Å². The summed E-state index contributed by atoms with van der Waals surface area (Å²) in [5, 5.41) is 2.81. The Morgan fingerprint density at radius 1 is 1.04 bits per heavy atom. The first-order valence-electron chi connectivity index (χ1n) is 8.25. The summed E-state index contributed by atoms with van der Waals surface area (Å²) in [5.41, 5.74) is 1.73. The summed E-state index contributed by atoms with van der Waals surface area (Å²) in [7, 11) is 0. The van der Waals surface area contributed by atoms with Gasteiger partial charge in [0.2, 0.25) is 0 Å². The van der Waals surface area contributed by atoms with Crippen LogP contribution in [0.3, 0.4) is 0 Å². The van der Waals surface area contributed by atoms with Gasteiger partial charge in [-0.15, -0.1) is 0 Å². The van der Waals surface area contributed by atoms with Crippen molar-refractivity contribution in [1.29, 1.82) is 0 Å². The molecule has 0 unspecified atom stereocenters. The van der Waals surface area contributed by atoms with Crippen molar-refractivity contribution in [3.63, 3.8) is 0 Å². The number of para-hydroxylation sites is 1. The molecule has 0 atom stereocenters. The van der Waals surface area contributed by atoms with E-state index in [-0.39, 0.29) is 12.5 Å². The SMILES string of the molecule is Cc1ccccc1OCC(=O)Nc1ccc(OCCC(C)C)cc1. The minimum atomic E-state index is -0.188. The van der Waals surface area contributed by atoms with Crippen LogP contribution in [0.1, 0.15) is 25.8 Å². The maximum absolute atomic E-state index is 12.0. The largest absolute Gasteiger partial charge is 0.494 e. The maximum atomic E-state index is 12.0. The third-order valence-electron chi connectivity index (χ3n) is 3.55. The molecule has 0 saturated carbocycles. The molecule has 24 heavy (non-hydrogen) atoms. The Hall–Kier alpha value is -2.49. The molecule has 0 radical (unpaired) electrons. The molecule has 2 rings (SSSR count). The number of carbonyl (C=O) groups is 1. The molecule has 4 heteroatoms. The van der Waals surface area contributed by atoms with Crippen molar-refractivity contribution in [2.24, 2.45) is 5.92 Å². The first kappa shape index (κ1) is 17.9. The van der Waals surface area contributed by atoms with Crippen molar-refractivity contribution in [1.82, 2.24) is 0 Å². The first-order chi connectivity index (χ1) is 11.5. The number of ether oxygens (including phenoxy) is 2. The van der Waals surface area contributed by atoms with E-state index in [2.05, 4.69) is 19.2 Å². The Labute approximate surface area is 143 Å². The van der Waals surface area contributed by atoms with Gasteiger partial charge in [0.15, 0.2) is 6.61 Å². The van der Waals surface area contributed by atoms with Crippen LogP contribution in [0.15, 0.2) is 48.5 Å². The van der Waals surface area contributed by atoms with E-state index < -0.39 is 0 Å². The zero-order chi connectivity index (χ0) is 17.4. The van der Waals surface area contributed by atoms with Crippen molar-refractivity contribution in [3.8, 4) is 11.5 Å². The molecular weight excluding hydrogens is 302 g/mol. The summed E-state index contributed by atoms with van der Waals surface area (Å²) in [6, 6.07) is 15.0.